The van der Waals surface area contributed by atoms with Crippen LogP contribution in [0.2, 0.25) is 0 Å². The van der Waals surface area contributed by atoms with E-state index in [4.69, 9.17) is 0 Å². The Labute approximate surface area is 115 Å². The van der Waals surface area contributed by atoms with E-state index in [9.17, 15) is 0 Å². The summed E-state index contributed by atoms with van der Waals surface area (Å²) in [6, 6.07) is 0.789. The van der Waals surface area contributed by atoms with Gasteiger partial charge in [0.1, 0.15) is 0 Å². The maximum absolute atomic E-state index is 3.74. The zero-order valence-corrected chi connectivity index (χ0v) is 13.0. The van der Waals surface area contributed by atoms with E-state index in [1.165, 1.54) is 70.8 Å². The van der Waals surface area contributed by atoms with Crippen LogP contribution in [0.1, 0.15) is 85.0 Å². The molecule has 1 saturated carbocycles. The molecule has 0 heterocycles. The fourth-order valence-corrected chi connectivity index (χ4v) is 3.52. The van der Waals surface area contributed by atoms with Crippen LogP contribution in [-0.4, -0.2) is 12.6 Å². The highest BCUT2D eigenvalue weighted by Gasteiger charge is 2.21. The van der Waals surface area contributed by atoms with Crippen molar-refractivity contribution in [2.45, 2.75) is 91.0 Å². The molecule has 108 valence electrons. The minimum absolute atomic E-state index is 0.789. The molecule has 1 N–H and O–H groups in total. The lowest BCUT2D eigenvalue weighted by Gasteiger charge is -2.29. The maximum atomic E-state index is 3.74. The minimum atomic E-state index is 0.789. The van der Waals surface area contributed by atoms with Gasteiger partial charge in [-0.3, -0.25) is 0 Å². The van der Waals surface area contributed by atoms with E-state index in [0.29, 0.717) is 0 Å². The first-order chi connectivity index (χ1) is 8.80. The number of hydrogen-bond donors (Lipinski definition) is 1. The quantitative estimate of drug-likeness (QED) is 0.599. The summed E-state index contributed by atoms with van der Waals surface area (Å²) >= 11 is 0. The molecule has 0 aromatic heterocycles. The van der Waals surface area contributed by atoms with Crippen molar-refractivity contribution in [3.8, 4) is 0 Å². The van der Waals surface area contributed by atoms with E-state index in [0.717, 1.165) is 17.9 Å². The van der Waals surface area contributed by atoms with Crippen LogP contribution in [0, 0.1) is 11.8 Å². The predicted molar refractivity (Wildman–Crippen MR) is 82.0 cm³/mol. The largest absolute Gasteiger partial charge is 0.314 e. The van der Waals surface area contributed by atoms with Gasteiger partial charge in [-0.1, -0.05) is 52.9 Å². The first kappa shape index (κ1) is 16.0. The van der Waals surface area contributed by atoms with Crippen LogP contribution in [0.3, 0.4) is 0 Å². The second-order valence-electron chi connectivity index (χ2n) is 6.32. The normalized spacial score (nSPS) is 26.2. The summed E-state index contributed by atoms with van der Waals surface area (Å²) in [6.45, 7) is 8.15. The van der Waals surface area contributed by atoms with Crippen molar-refractivity contribution < 1.29 is 0 Å². The van der Waals surface area contributed by atoms with Crippen LogP contribution in [0.15, 0.2) is 0 Å². The van der Waals surface area contributed by atoms with Gasteiger partial charge in [0, 0.05) is 6.04 Å². The maximum Gasteiger partial charge on any atom is 0.00670 e. The predicted octanol–water partition coefficient (Wildman–Crippen LogP) is 5.15. The second kappa shape index (κ2) is 9.83. The monoisotopic (exact) mass is 253 g/mol. The van der Waals surface area contributed by atoms with Gasteiger partial charge >= 0.3 is 0 Å². The molecule has 18 heavy (non-hydrogen) atoms. The van der Waals surface area contributed by atoms with Gasteiger partial charge in [0.25, 0.3) is 0 Å². The third-order valence-electron chi connectivity index (χ3n) is 4.71. The third-order valence-corrected chi connectivity index (χ3v) is 4.71. The van der Waals surface area contributed by atoms with E-state index in [1.54, 1.807) is 0 Å². The highest BCUT2D eigenvalue weighted by Crippen LogP contribution is 2.33. The van der Waals surface area contributed by atoms with Gasteiger partial charge in [-0.05, 0) is 50.5 Å². The van der Waals surface area contributed by atoms with Crippen LogP contribution >= 0.6 is 0 Å². The average Bonchev–Trinajstić information content (AvgIpc) is 2.42. The molecule has 1 heteroatoms. The van der Waals surface area contributed by atoms with E-state index in [2.05, 4.69) is 26.1 Å². The van der Waals surface area contributed by atoms with Gasteiger partial charge in [-0.25, -0.2) is 0 Å². The van der Waals surface area contributed by atoms with E-state index in [-0.39, 0.29) is 0 Å². The molecule has 0 bridgehead atoms. The third kappa shape index (κ3) is 6.22. The summed E-state index contributed by atoms with van der Waals surface area (Å²) in [5.41, 5.74) is 0. The highest BCUT2D eigenvalue weighted by molar-refractivity contribution is 4.75. The molecule has 0 radical (unpaired) electrons. The van der Waals surface area contributed by atoms with Crippen molar-refractivity contribution in [1.29, 1.82) is 0 Å². The van der Waals surface area contributed by atoms with Crippen LogP contribution in [0.5, 0.6) is 0 Å². The fraction of sp³-hybridized carbons (Fsp3) is 1.00. The molecule has 3 unspecified atom stereocenters. The zero-order chi connectivity index (χ0) is 13.2. The Balaban J connectivity index is 2.22. The summed E-state index contributed by atoms with van der Waals surface area (Å²) in [7, 11) is 0. The molecular formula is C17H35N. The lowest BCUT2D eigenvalue weighted by molar-refractivity contribution is 0.237. The van der Waals surface area contributed by atoms with Gasteiger partial charge in [0.05, 0.1) is 0 Å². The molecule has 0 saturated heterocycles. The van der Waals surface area contributed by atoms with Gasteiger partial charge in [0.15, 0.2) is 0 Å². The molecule has 1 fully saturated rings. The van der Waals surface area contributed by atoms with E-state index in [1.807, 2.05) is 0 Å². The van der Waals surface area contributed by atoms with Gasteiger partial charge in [-0.2, -0.15) is 0 Å². The van der Waals surface area contributed by atoms with Crippen LogP contribution < -0.4 is 5.32 Å². The van der Waals surface area contributed by atoms with Crippen molar-refractivity contribution >= 4 is 0 Å². The Morgan fingerprint density at radius 1 is 1.00 bits per heavy atom. The Bertz CT molecular complexity index is 186. The number of nitrogens with one attached hydrogen (secondary N) is 1. The molecule has 0 aromatic carbocycles. The zero-order valence-electron chi connectivity index (χ0n) is 13.0. The molecule has 0 aromatic rings. The molecular weight excluding hydrogens is 218 g/mol. The van der Waals surface area contributed by atoms with Crippen LogP contribution in [0.4, 0.5) is 0 Å². The number of rotatable bonds is 9. The van der Waals surface area contributed by atoms with E-state index < -0.39 is 0 Å². The SMILES string of the molecule is CCCNC(CCC)CCC1CCCC(CC)C1. The molecule has 0 aliphatic heterocycles. The molecule has 1 nitrogen and oxygen atoms in total. The van der Waals surface area contributed by atoms with Gasteiger partial charge in [0.2, 0.25) is 0 Å². The lowest BCUT2D eigenvalue weighted by atomic mass is 9.78. The van der Waals surface area contributed by atoms with Gasteiger partial charge in [-0.15, -0.1) is 0 Å². The molecule has 3 atom stereocenters. The summed E-state index contributed by atoms with van der Waals surface area (Å²) in [6.07, 6.45) is 14.3. The number of hydrogen-bond acceptors (Lipinski definition) is 1. The van der Waals surface area contributed by atoms with Crippen molar-refractivity contribution in [3.63, 3.8) is 0 Å². The Kier molecular flexibility index (Phi) is 8.75. The first-order valence-electron chi connectivity index (χ1n) is 8.53. The van der Waals surface area contributed by atoms with Crippen LogP contribution in [0.25, 0.3) is 0 Å². The van der Waals surface area contributed by atoms with Crippen molar-refractivity contribution in [2.75, 3.05) is 6.54 Å². The Morgan fingerprint density at radius 3 is 2.44 bits per heavy atom. The Morgan fingerprint density at radius 2 is 1.78 bits per heavy atom. The van der Waals surface area contributed by atoms with Gasteiger partial charge < -0.3 is 5.32 Å². The minimum Gasteiger partial charge on any atom is -0.314 e. The molecule has 0 spiro atoms. The highest BCUT2D eigenvalue weighted by atomic mass is 14.9. The first-order valence-corrected chi connectivity index (χ1v) is 8.53. The summed E-state index contributed by atoms with van der Waals surface area (Å²) < 4.78 is 0. The van der Waals surface area contributed by atoms with Crippen molar-refractivity contribution in [1.82, 2.24) is 5.32 Å². The smallest absolute Gasteiger partial charge is 0.00670 e. The summed E-state index contributed by atoms with van der Waals surface area (Å²) in [5, 5.41) is 3.74. The molecule has 0 amide bonds. The molecule has 1 aliphatic rings. The summed E-state index contributed by atoms with van der Waals surface area (Å²) in [5.74, 6) is 2.07. The molecule has 1 aliphatic carbocycles. The standard InChI is InChI=1S/C17H35N/c1-4-8-17(18-13-5-2)12-11-16-10-7-9-15(6-3)14-16/h15-18H,4-14H2,1-3H3. The summed E-state index contributed by atoms with van der Waals surface area (Å²) in [4.78, 5) is 0. The van der Waals surface area contributed by atoms with E-state index >= 15 is 0 Å². The topological polar surface area (TPSA) is 12.0 Å². The van der Waals surface area contributed by atoms with Crippen molar-refractivity contribution in [2.24, 2.45) is 11.8 Å². The Hall–Kier alpha value is -0.0400. The fourth-order valence-electron chi connectivity index (χ4n) is 3.52. The van der Waals surface area contributed by atoms with Crippen LogP contribution in [-0.2, 0) is 0 Å². The lowest BCUT2D eigenvalue weighted by Crippen LogP contribution is -2.30. The van der Waals surface area contributed by atoms with Crippen molar-refractivity contribution in [3.05, 3.63) is 0 Å². The molecule has 1 rings (SSSR count). The average molecular weight is 253 g/mol. The second-order valence-corrected chi connectivity index (χ2v) is 6.32.